The standard InChI is InChI=1S/C18H23FN4O3/c1-13-12-14(19)4-5-15(13)20-18(26)23-10-8-22(9-11-23)17(25)16(24)21-6-2-3-7-21/h4-5,12H,2-3,6-11H2,1H3,(H,20,26). The third-order valence-electron chi connectivity index (χ3n) is 4.86. The van der Waals surface area contributed by atoms with Gasteiger partial charge in [-0.05, 0) is 43.5 Å². The molecule has 2 heterocycles. The summed E-state index contributed by atoms with van der Waals surface area (Å²) in [5, 5.41) is 2.76. The molecule has 2 saturated heterocycles. The number of likely N-dealkylation sites (tertiary alicyclic amines) is 1. The van der Waals surface area contributed by atoms with E-state index in [1.165, 1.54) is 23.1 Å². The van der Waals surface area contributed by atoms with Crippen LogP contribution in [0.5, 0.6) is 0 Å². The molecule has 4 amide bonds. The number of hydrogen-bond donors (Lipinski definition) is 1. The van der Waals surface area contributed by atoms with Gasteiger partial charge >= 0.3 is 17.8 Å². The maximum absolute atomic E-state index is 13.1. The van der Waals surface area contributed by atoms with Crippen molar-refractivity contribution in [2.24, 2.45) is 0 Å². The van der Waals surface area contributed by atoms with Gasteiger partial charge in [0.05, 0.1) is 0 Å². The fraction of sp³-hybridized carbons (Fsp3) is 0.500. The van der Waals surface area contributed by atoms with Crippen molar-refractivity contribution in [3.05, 3.63) is 29.6 Å². The van der Waals surface area contributed by atoms with Crippen molar-refractivity contribution in [2.75, 3.05) is 44.6 Å². The van der Waals surface area contributed by atoms with E-state index in [2.05, 4.69) is 5.32 Å². The number of aryl methyl sites for hydroxylation is 1. The summed E-state index contributed by atoms with van der Waals surface area (Å²) in [5.74, 6) is -1.28. The van der Waals surface area contributed by atoms with Gasteiger partial charge in [0.2, 0.25) is 0 Å². The van der Waals surface area contributed by atoms with Crippen LogP contribution in [0.2, 0.25) is 0 Å². The highest BCUT2D eigenvalue weighted by atomic mass is 19.1. The number of rotatable bonds is 1. The molecule has 0 unspecified atom stereocenters. The van der Waals surface area contributed by atoms with Gasteiger partial charge in [-0.25, -0.2) is 9.18 Å². The lowest BCUT2D eigenvalue weighted by Gasteiger charge is -2.35. The molecule has 26 heavy (non-hydrogen) atoms. The number of nitrogens with one attached hydrogen (secondary N) is 1. The van der Waals surface area contributed by atoms with Gasteiger partial charge in [-0.15, -0.1) is 0 Å². The number of hydrogen-bond acceptors (Lipinski definition) is 3. The summed E-state index contributed by atoms with van der Waals surface area (Å²) < 4.78 is 13.1. The summed E-state index contributed by atoms with van der Waals surface area (Å²) in [6.07, 6.45) is 1.88. The van der Waals surface area contributed by atoms with E-state index >= 15 is 0 Å². The maximum atomic E-state index is 13.1. The number of nitrogens with zero attached hydrogens (tertiary/aromatic N) is 3. The molecule has 0 radical (unpaired) electrons. The Bertz CT molecular complexity index is 710. The first-order chi connectivity index (χ1) is 12.5. The normalized spacial score (nSPS) is 17.4. The van der Waals surface area contributed by atoms with Crippen LogP contribution in [0.15, 0.2) is 18.2 Å². The summed E-state index contributed by atoms with van der Waals surface area (Å²) in [6.45, 7) is 4.37. The van der Waals surface area contributed by atoms with Crippen LogP contribution in [-0.4, -0.2) is 71.8 Å². The fourth-order valence-electron chi connectivity index (χ4n) is 3.26. The molecule has 1 aromatic rings. The third kappa shape index (κ3) is 3.95. The SMILES string of the molecule is Cc1cc(F)ccc1NC(=O)N1CCN(C(=O)C(=O)N2CCCC2)CC1. The first-order valence-corrected chi connectivity index (χ1v) is 8.86. The van der Waals surface area contributed by atoms with Gasteiger partial charge in [0.1, 0.15) is 5.82 Å². The lowest BCUT2D eigenvalue weighted by atomic mass is 10.2. The van der Waals surface area contributed by atoms with Crippen LogP contribution in [-0.2, 0) is 9.59 Å². The Kier molecular flexibility index (Phi) is 5.39. The molecule has 1 N–H and O–H groups in total. The molecule has 140 valence electrons. The van der Waals surface area contributed by atoms with Crippen LogP contribution in [0.1, 0.15) is 18.4 Å². The highest BCUT2D eigenvalue weighted by molar-refractivity contribution is 6.35. The molecule has 0 aliphatic carbocycles. The summed E-state index contributed by atoms with van der Waals surface area (Å²) >= 11 is 0. The van der Waals surface area contributed by atoms with Crippen LogP contribution < -0.4 is 5.32 Å². The second-order valence-electron chi connectivity index (χ2n) is 6.67. The Labute approximate surface area is 151 Å². The fourth-order valence-corrected chi connectivity index (χ4v) is 3.26. The molecular formula is C18H23FN4O3. The average molecular weight is 362 g/mol. The van der Waals surface area contributed by atoms with Gasteiger partial charge in [0.15, 0.2) is 0 Å². The largest absolute Gasteiger partial charge is 0.334 e. The predicted octanol–water partition coefficient (Wildman–Crippen LogP) is 1.43. The van der Waals surface area contributed by atoms with Gasteiger partial charge in [0, 0.05) is 45.0 Å². The first kappa shape index (κ1) is 18.2. The quantitative estimate of drug-likeness (QED) is 0.768. The summed E-state index contributed by atoms with van der Waals surface area (Å²) in [5.41, 5.74) is 1.20. The Morgan fingerprint density at radius 3 is 2.00 bits per heavy atom. The number of carbonyl (C=O) groups excluding carboxylic acids is 3. The molecule has 8 heteroatoms. The number of carbonyl (C=O) groups is 3. The summed E-state index contributed by atoms with van der Waals surface area (Å²) in [7, 11) is 0. The topological polar surface area (TPSA) is 73.0 Å². The minimum absolute atomic E-state index is 0.294. The average Bonchev–Trinajstić information content (AvgIpc) is 3.17. The zero-order chi connectivity index (χ0) is 18.7. The molecule has 2 aliphatic rings. The van der Waals surface area contributed by atoms with Crippen LogP contribution >= 0.6 is 0 Å². The number of piperazine rings is 1. The van der Waals surface area contributed by atoms with Gasteiger partial charge in [-0.2, -0.15) is 0 Å². The second kappa shape index (κ2) is 7.72. The highest BCUT2D eigenvalue weighted by Crippen LogP contribution is 2.17. The maximum Gasteiger partial charge on any atom is 0.321 e. The van der Waals surface area contributed by atoms with E-state index in [4.69, 9.17) is 0 Å². The van der Waals surface area contributed by atoms with Crippen molar-refractivity contribution in [1.29, 1.82) is 0 Å². The van der Waals surface area contributed by atoms with Crippen molar-refractivity contribution >= 4 is 23.5 Å². The van der Waals surface area contributed by atoms with Gasteiger partial charge in [-0.3, -0.25) is 9.59 Å². The molecule has 0 aromatic heterocycles. The number of amides is 4. The number of urea groups is 1. The Balaban J connectivity index is 1.52. The van der Waals surface area contributed by atoms with Gasteiger partial charge < -0.3 is 20.0 Å². The minimum Gasteiger partial charge on any atom is -0.334 e. The van der Waals surface area contributed by atoms with Crippen molar-refractivity contribution in [1.82, 2.24) is 14.7 Å². The van der Waals surface area contributed by atoms with E-state index in [9.17, 15) is 18.8 Å². The van der Waals surface area contributed by atoms with Gasteiger partial charge in [0.25, 0.3) is 0 Å². The number of halogens is 1. The Morgan fingerprint density at radius 2 is 1.42 bits per heavy atom. The minimum atomic E-state index is -0.485. The van der Waals surface area contributed by atoms with E-state index < -0.39 is 11.8 Å². The highest BCUT2D eigenvalue weighted by Gasteiger charge is 2.31. The van der Waals surface area contributed by atoms with Gasteiger partial charge in [-0.1, -0.05) is 0 Å². The second-order valence-corrected chi connectivity index (χ2v) is 6.67. The van der Waals surface area contributed by atoms with Crippen molar-refractivity contribution in [3.63, 3.8) is 0 Å². The van der Waals surface area contributed by atoms with E-state index in [1.807, 2.05) is 0 Å². The van der Waals surface area contributed by atoms with Crippen molar-refractivity contribution in [3.8, 4) is 0 Å². The molecule has 2 fully saturated rings. The molecule has 7 nitrogen and oxygen atoms in total. The Morgan fingerprint density at radius 1 is 0.885 bits per heavy atom. The van der Waals surface area contributed by atoms with Crippen LogP contribution in [0.4, 0.5) is 14.9 Å². The van der Waals surface area contributed by atoms with Crippen molar-refractivity contribution < 1.29 is 18.8 Å². The smallest absolute Gasteiger partial charge is 0.321 e. The molecule has 0 spiro atoms. The lowest BCUT2D eigenvalue weighted by molar-refractivity contribution is -0.152. The molecule has 0 bridgehead atoms. The monoisotopic (exact) mass is 362 g/mol. The van der Waals surface area contributed by atoms with Crippen LogP contribution in [0, 0.1) is 12.7 Å². The zero-order valence-corrected chi connectivity index (χ0v) is 14.8. The van der Waals surface area contributed by atoms with E-state index in [1.54, 1.807) is 16.7 Å². The summed E-state index contributed by atoms with van der Waals surface area (Å²) in [4.78, 5) is 41.5. The van der Waals surface area contributed by atoms with E-state index in [0.717, 1.165) is 12.8 Å². The molecular weight excluding hydrogens is 339 g/mol. The van der Waals surface area contributed by atoms with Crippen LogP contribution in [0.25, 0.3) is 0 Å². The summed E-state index contributed by atoms with van der Waals surface area (Å²) in [6, 6.07) is 3.88. The molecule has 1 aromatic carbocycles. The predicted molar refractivity (Wildman–Crippen MR) is 94.1 cm³/mol. The van der Waals surface area contributed by atoms with Crippen LogP contribution in [0.3, 0.4) is 0 Å². The zero-order valence-electron chi connectivity index (χ0n) is 14.8. The first-order valence-electron chi connectivity index (χ1n) is 8.86. The third-order valence-corrected chi connectivity index (χ3v) is 4.86. The Hall–Kier alpha value is -2.64. The molecule has 0 saturated carbocycles. The number of anilines is 1. The number of benzene rings is 1. The lowest BCUT2D eigenvalue weighted by Crippen LogP contribution is -2.54. The van der Waals surface area contributed by atoms with Crippen molar-refractivity contribution in [2.45, 2.75) is 19.8 Å². The molecule has 2 aliphatic heterocycles. The van der Waals surface area contributed by atoms with E-state index in [0.29, 0.717) is 50.5 Å². The molecule has 3 rings (SSSR count). The van der Waals surface area contributed by atoms with E-state index in [-0.39, 0.29) is 11.8 Å². The molecule has 0 atom stereocenters.